The molecule has 0 aliphatic heterocycles. The lowest BCUT2D eigenvalue weighted by Gasteiger charge is -2.22. The second-order valence-electron chi connectivity index (χ2n) is 4.81. The Morgan fingerprint density at radius 1 is 1.63 bits per heavy atom. The molecule has 1 fully saturated rings. The van der Waals surface area contributed by atoms with E-state index >= 15 is 0 Å². The minimum Gasteiger partial charge on any atom is -0.481 e. The van der Waals surface area contributed by atoms with Gasteiger partial charge in [0.2, 0.25) is 10.0 Å². The molecule has 0 saturated heterocycles. The standard InChI is InChI=1S/C11H16N2O5S/c1-7(11(14)15)5-13(9-3-4-9)19(16,17)10-6-18-12-8(10)2/h6-7,9H,3-5H2,1-2H3,(H,14,15). The summed E-state index contributed by atoms with van der Waals surface area (Å²) >= 11 is 0. The molecule has 1 unspecified atom stereocenters. The van der Waals surface area contributed by atoms with Crippen LogP contribution in [0.2, 0.25) is 0 Å². The van der Waals surface area contributed by atoms with Gasteiger partial charge >= 0.3 is 5.97 Å². The zero-order valence-corrected chi connectivity index (χ0v) is 11.6. The van der Waals surface area contributed by atoms with Crippen molar-refractivity contribution in [3.8, 4) is 0 Å². The Morgan fingerprint density at radius 3 is 2.68 bits per heavy atom. The molecule has 0 amide bonds. The predicted molar refractivity (Wildman–Crippen MR) is 65.0 cm³/mol. The van der Waals surface area contributed by atoms with Gasteiger partial charge in [0.25, 0.3) is 0 Å². The predicted octanol–water partition coefficient (Wildman–Crippen LogP) is 0.857. The molecule has 1 N–H and O–H groups in total. The number of aromatic nitrogens is 1. The summed E-state index contributed by atoms with van der Waals surface area (Å²) in [6, 6.07) is -0.110. The summed E-state index contributed by atoms with van der Waals surface area (Å²) in [4.78, 5) is 10.9. The Balaban J connectivity index is 2.29. The average Bonchev–Trinajstić information content (AvgIpc) is 3.06. The van der Waals surface area contributed by atoms with Crippen molar-refractivity contribution in [2.24, 2.45) is 5.92 Å². The Hall–Kier alpha value is -1.41. The highest BCUT2D eigenvalue weighted by atomic mass is 32.2. The normalized spacial score (nSPS) is 17.6. The number of aliphatic carboxylic acids is 1. The monoisotopic (exact) mass is 288 g/mol. The van der Waals surface area contributed by atoms with E-state index in [1.54, 1.807) is 6.92 Å². The summed E-state index contributed by atoms with van der Waals surface area (Å²) in [6.45, 7) is 3.00. The van der Waals surface area contributed by atoms with Crippen LogP contribution in [0.25, 0.3) is 0 Å². The van der Waals surface area contributed by atoms with Crippen LogP contribution in [0.5, 0.6) is 0 Å². The van der Waals surface area contributed by atoms with Gasteiger partial charge in [0, 0.05) is 12.6 Å². The lowest BCUT2D eigenvalue weighted by Crippen LogP contribution is -2.38. The van der Waals surface area contributed by atoms with E-state index in [0.717, 1.165) is 19.1 Å². The first kappa shape index (κ1) is 14.0. The minimum absolute atomic E-state index is 0.0111. The van der Waals surface area contributed by atoms with E-state index in [1.165, 1.54) is 11.2 Å². The van der Waals surface area contributed by atoms with Gasteiger partial charge in [0.15, 0.2) is 0 Å². The van der Waals surface area contributed by atoms with Crippen LogP contribution < -0.4 is 0 Å². The van der Waals surface area contributed by atoms with Gasteiger partial charge in [-0.15, -0.1) is 0 Å². The minimum atomic E-state index is -3.74. The topological polar surface area (TPSA) is 101 Å². The Bertz CT molecular complexity index is 576. The SMILES string of the molecule is Cc1nocc1S(=O)(=O)N(CC(C)C(=O)O)C1CC1. The number of nitrogens with zero attached hydrogens (tertiary/aromatic N) is 2. The molecule has 1 atom stereocenters. The van der Waals surface area contributed by atoms with Gasteiger partial charge in [-0.3, -0.25) is 4.79 Å². The van der Waals surface area contributed by atoms with Crippen LogP contribution >= 0.6 is 0 Å². The van der Waals surface area contributed by atoms with E-state index in [0.29, 0.717) is 0 Å². The molecule has 106 valence electrons. The molecule has 19 heavy (non-hydrogen) atoms. The van der Waals surface area contributed by atoms with E-state index in [2.05, 4.69) is 9.68 Å². The lowest BCUT2D eigenvalue weighted by molar-refractivity contribution is -0.141. The van der Waals surface area contributed by atoms with Crippen molar-refractivity contribution in [2.45, 2.75) is 37.6 Å². The maximum absolute atomic E-state index is 12.5. The third-order valence-corrected chi connectivity index (χ3v) is 5.13. The molecule has 2 rings (SSSR count). The molecule has 1 aromatic heterocycles. The van der Waals surface area contributed by atoms with Gasteiger partial charge in [-0.05, 0) is 19.8 Å². The van der Waals surface area contributed by atoms with Crippen molar-refractivity contribution >= 4 is 16.0 Å². The van der Waals surface area contributed by atoms with E-state index in [-0.39, 0.29) is 23.2 Å². The number of aryl methyl sites for hydroxylation is 1. The zero-order chi connectivity index (χ0) is 14.2. The molecule has 1 heterocycles. The Morgan fingerprint density at radius 2 is 2.26 bits per heavy atom. The first-order valence-corrected chi connectivity index (χ1v) is 7.43. The van der Waals surface area contributed by atoms with Crippen LogP contribution in [0.15, 0.2) is 15.7 Å². The summed E-state index contributed by atoms with van der Waals surface area (Å²) in [5.41, 5.74) is 0.286. The maximum atomic E-state index is 12.5. The highest BCUT2D eigenvalue weighted by Gasteiger charge is 2.41. The molecular formula is C11H16N2O5S. The van der Waals surface area contributed by atoms with Crippen molar-refractivity contribution < 1.29 is 22.8 Å². The van der Waals surface area contributed by atoms with Crippen molar-refractivity contribution in [3.05, 3.63) is 12.0 Å². The molecule has 1 aliphatic rings. The number of hydrogen-bond acceptors (Lipinski definition) is 5. The smallest absolute Gasteiger partial charge is 0.307 e. The van der Waals surface area contributed by atoms with Gasteiger partial charge in [-0.25, -0.2) is 8.42 Å². The molecule has 1 aromatic rings. The highest BCUT2D eigenvalue weighted by molar-refractivity contribution is 7.89. The quantitative estimate of drug-likeness (QED) is 0.833. The fourth-order valence-electron chi connectivity index (χ4n) is 1.81. The van der Waals surface area contributed by atoms with Crippen molar-refractivity contribution in [2.75, 3.05) is 6.54 Å². The summed E-state index contributed by atoms with van der Waals surface area (Å²) in [5.74, 6) is -1.77. The molecule has 0 bridgehead atoms. The molecule has 7 nitrogen and oxygen atoms in total. The zero-order valence-electron chi connectivity index (χ0n) is 10.7. The fourth-order valence-corrected chi connectivity index (χ4v) is 3.66. The molecular weight excluding hydrogens is 272 g/mol. The molecule has 1 saturated carbocycles. The van der Waals surface area contributed by atoms with Crippen LogP contribution in [-0.2, 0) is 14.8 Å². The van der Waals surface area contributed by atoms with Gasteiger partial charge in [0.05, 0.1) is 5.92 Å². The molecule has 0 aromatic carbocycles. The molecule has 8 heteroatoms. The summed E-state index contributed by atoms with van der Waals surface area (Å²) in [6.07, 6.45) is 2.61. The van der Waals surface area contributed by atoms with Crippen LogP contribution in [0.1, 0.15) is 25.5 Å². The molecule has 0 radical (unpaired) electrons. The lowest BCUT2D eigenvalue weighted by atomic mass is 10.2. The third-order valence-electron chi connectivity index (χ3n) is 3.12. The van der Waals surface area contributed by atoms with Crippen LogP contribution in [0, 0.1) is 12.8 Å². The van der Waals surface area contributed by atoms with Crippen LogP contribution in [0.3, 0.4) is 0 Å². The number of rotatable bonds is 6. The van der Waals surface area contributed by atoms with Crippen LogP contribution in [0.4, 0.5) is 0 Å². The Kier molecular flexibility index (Phi) is 3.64. The number of carboxylic acid groups (broad SMARTS) is 1. The highest BCUT2D eigenvalue weighted by Crippen LogP contribution is 2.33. The van der Waals surface area contributed by atoms with E-state index in [1.807, 2.05) is 0 Å². The van der Waals surface area contributed by atoms with E-state index in [9.17, 15) is 13.2 Å². The fraction of sp³-hybridized carbons (Fsp3) is 0.636. The number of sulfonamides is 1. The van der Waals surface area contributed by atoms with Crippen molar-refractivity contribution in [1.82, 2.24) is 9.46 Å². The number of carboxylic acids is 1. The van der Waals surface area contributed by atoms with E-state index < -0.39 is 21.9 Å². The number of hydrogen-bond donors (Lipinski definition) is 1. The summed E-state index contributed by atoms with van der Waals surface area (Å²) in [7, 11) is -3.74. The third kappa shape index (κ3) is 2.79. The van der Waals surface area contributed by atoms with Gasteiger partial charge < -0.3 is 9.63 Å². The van der Waals surface area contributed by atoms with Crippen molar-refractivity contribution in [1.29, 1.82) is 0 Å². The average molecular weight is 288 g/mol. The first-order chi connectivity index (χ1) is 8.84. The van der Waals surface area contributed by atoms with Crippen molar-refractivity contribution in [3.63, 3.8) is 0 Å². The van der Waals surface area contributed by atoms with E-state index in [4.69, 9.17) is 5.11 Å². The van der Waals surface area contributed by atoms with Gasteiger partial charge in [0.1, 0.15) is 16.9 Å². The first-order valence-electron chi connectivity index (χ1n) is 5.99. The largest absolute Gasteiger partial charge is 0.481 e. The second kappa shape index (κ2) is 4.93. The Labute approximate surface area is 111 Å². The summed E-state index contributed by atoms with van der Waals surface area (Å²) < 4.78 is 30.9. The molecule has 1 aliphatic carbocycles. The van der Waals surface area contributed by atoms with Crippen LogP contribution in [-0.4, -0.2) is 41.5 Å². The van der Waals surface area contributed by atoms with Gasteiger partial charge in [-0.2, -0.15) is 4.31 Å². The van der Waals surface area contributed by atoms with Gasteiger partial charge in [-0.1, -0.05) is 12.1 Å². The molecule has 0 spiro atoms. The summed E-state index contributed by atoms with van der Waals surface area (Å²) in [5, 5.41) is 12.5. The second-order valence-corrected chi connectivity index (χ2v) is 6.67. The maximum Gasteiger partial charge on any atom is 0.307 e. The number of carbonyl (C=O) groups is 1.